The number of carboxylic acids is 1. The number of anilines is 1. The van der Waals surface area contributed by atoms with Crippen LogP contribution in [0, 0.1) is 16.7 Å². The normalized spacial score (nSPS) is 10.4. The maximum Gasteiger partial charge on any atom is 0.335 e. The maximum atomic E-state index is 11.6. The molecule has 0 bridgehead atoms. The van der Waals surface area contributed by atoms with E-state index >= 15 is 0 Å². The van der Waals surface area contributed by atoms with Crippen LogP contribution in [0.15, 0.2) is 24.3 Å². The van der Waals surface area contributed by atoms with Gasteiger partial charge >= 0.3 is 5.97 Å². The molecule has 1 aromatic rings. The van der Waals surface area contributed by atoms with Gasteiger partial charge in [0.1, 0.15) is 5.41 Å². The molecular formula is C12H12N2O3. The number of hydrogen-bond donors (Lipinski definition) is 2. The molecule has 1 aromatic carbocycles. The van der Waals surface area contributed by atoms with Crippen molar-refractivity contribution >= 4 is 17.6 Å². The zero-order valence-electron chi connectivity index (χ0n) is 9.52. The zero-order valence-corrected chi connectivity index (χ0v) is 9.52. The van der Waals surface area contributed by atoms with Gasteiger partial charge in [0.2, 0.25) is 5.91 Å². The monoisotopic (exact) mass is 232 g/mol. The summed E-state index contributed by atoms with van der Waals surface area (Å²) in [6.45, 7) is 3.02. The number of benzene rings is 1. The summed E-state index contributed by atoms with van der Waals surface area (Å²) in [5, 5.41) is 20.0. The van der Waals surface area contributed by atoms with Crippen LogP contribution in [0.3, 0.4) is 0 Å². The topological polar surface area (TPSA) is 90.2 Å². The van der Waals surface area contributed by atoms with Gasteiger partial charge in [0.05, 0.1) is 11.6 Å². The minimum Gasteiger partial charge on any atom is -0.478 e. The lowest BCUT2D eigenvalue weighted by Gasteiger charge is -2.14. The van der Waals surface area contributed by atoms with E-state index in [0.29, 0.717) is 5.69 Å². The maximum absolute atomic E-state index is 11.6. The van der Waals surface area contributed by atoms with Gasteiger partial charge in [-0.3, -0.25) is 4.79 Å². The number of carbonyl (C=O) groups excluding carboxylic acids is 1. The lowest BCUT2D eigenvalue weighted by molar-refractivity contribution is -0.121. The third-order valence-corrected chi connectivity index (χ3v) is 2.24. The van der Waals surface area contributed by atoms with Crippen molar-refractivity contribution < 1.29 is 14.7 Å². The van der Waals surface area contributed by atoms with Gasteiger partial charge in [-0.05, 0) is 38.1 Å². The van der Waals surface area contributed by atoms with Crippen molar-refractivity contribution in [2.45, 2.75) is 13.8 Å². The molecule has 0 spiro atoms. The van der Waals surface area contributed by atoms with Crippen molar-refractivity contribution in [2.24, 2.45) is 5.41 Å². The molecule has 17 heavy (non-hydrogen) atoms. The number of carbonyl (C=O) groups is 2. The average Bonchev–Trinajstić information content (AvgIpc) is 2.29. The number of rotatable bonds is 3. The fraction of sp³-hybridized carbons (Fsp3) is 0.250. The molecule has 5 heteroatoms. The summed E-state index contributed by atoms with van der Waals surface area (Å²) in [6, 6.07) is 7.62. The van der Waals surface area contributed by atoms with E-state index in [1.165, 1.54) is 38.1 Å². The Morgan fingerprint density at radius 1 is 1.29 bits per heavy atom. The van der Waals surface area contributed by atoms with Gasteiger partial charge < -0.3 is 10.4 Å². The fourth-order valence-electron chi connectivity index (χ4n) is 1.03. The van der Waals surface area contributed by atoms with Crippen LogP contribution < -0.4 is 5.32 Å². The molecular weight excluding hydrogens is 220 g/mol. The summed E-state index contributed by atoms with van der Waals surface area (Å²) in [4.78, 5) is 22.2. The Bertz CT molecular complexity index is 483. The number of aromatic carboxylic acids is 1. The van der Waals surface area contributed by atoms with E-state index in [2.05, 4.69) is 5.32 Å². The second kappa shape index (κ2) is 4.66. The summed E-state index contributed by atoms with van der Waals surface area (Å²) in [7, 11) is 0. The third-order valence-electron chi connectivity index (χ3n) is 2.24. The molecule has 0 aromatic heterocycles. The predicted octanol–water partition coefficient (Wildman–Crippen LogP) is 1.87. The first kappa shape index (κ1) is 12.7. The van der Waals surface area contributed by atoms with Gasteiger partial charge in [0.25, 0.3) is 0 Å². The molecule has 0 aliphatic heterocycles. The van der Waals surface area contributed by atoms with Gasteiger partial charge in [-0.15, -0.1) is 0 Å². The van der Waals surface area contributed by atoms with Gasteiger partial charge in [-0.2, -0.15) is 5.26 Å². The van der Waals surface area contributed by atoms with Crippen molar-refractivity contribution in [3.63, 3.8) is 0 Å². The minimum absolute atomic E-state index is 0.141. The van der Waals surface area contributed by atoms with E-state index in [4.69, 9.17) is 10.4 Å². The quantitative estimate of drug-likeness (QED) is 0.832. The molecule has 0 aliphatic carbocycles. The van der Waals surface area contributed by atoms with Crippen LogP contribution in [0.25, 0.3) is 0 Å². The number of nitrogens with zero attached hydrogens (tertiary/aromatic N) is 1. The predicted molar refractivity (Wildman–Crippen MR) is 61.4 cm³/mol. The first-order valence-electron chi connectivity index (χ1n) is 4.93. The van der Waals surface area contributed by atoms with E-state index in [9.17, 15) is 9.59 Å². The largest absolute Gasteiger partial charge is 0.478 e. The highest BCUT2D eigenvalue weighted by molar-refractivity contribution is 5.97. The standard InChI is InChI=1S/C12H12N2O3/c1-12(2,7-13)11(17)14-9-5-3-8(4-6-9)10(15)16/h3-6H,1-2H3,(H,14,17)(H,15,16). The molecule has 1 rings (SSSR count). The van der Waals surface area contributed by atoms with Gasteiger partial charge in [0, 0.05) is 5.69 Å². The molecule has 2 N–H and O–H groups in total. The molecule has 0 atom stereocenters. The summed E-state index contributed by atoms with van der Waals surface area (Å²) < 4.78 is 0. The van der Waals surface area contributed by atoms with Crippen LogP contribution in [-0.2, 0) is 4.79 Å². The Morgan fingerprint density at radius 3 is 2.24 bits per heavy atom. The van der Waals surface area contributed by atoms with Crippen LogP contribution in [0.4, 0.5) is 5.69 Å². The molecule has 0 fully saturated rings. The summed E-state index contributed by atoms with van der Waals surface area (Å²) >= 11 is 0. The average molecular weight is 232 g/mol. The molecule has 0 unspecified atom stereocenters. The van der Waals surface area contributed by atoms with Crippen molar-refractivity contribution in [1.29, 1.82) is 5.26 Å². The van der Waals surface area contributed by atoms with Gasteiger partial charge in [-0.1, -0.05) is 0 Å². The second-order valence-electron chi connectivity index (χ2n) is 4.07. The SMILES string of the molecule is CC(C)(C#N)C(=O)Nc1ccc(C(=O)O)cc1. The first-order chi connectivity index (χ1) is 7.86. The van der Waals surface area contributed by atoms with Crippen molar-refractivity contribution in [1.82, 2.24) is 0 Å². The molecule has 0 radical (unpaired) electrons. The van der Waals surface area contributed by atoms with E-state index < -0.39 is 17.3 Å². The molecule has 0 saturated carbocycles. The fourth-order valence-corrected chi connectivity index (χ4v) is 1.03. The van der Waals surface area contributed by atoms with Crippen molar-refractivity contribution in [2.75, 3.05) is 5.32 Å². The van der Waals surface area contributed by atoms with E-state index in [0.717, 1.165) is 0 Å². The number of hydrogen-bond acceptors (Lipinski definition) is 3. The van der Waals surface area contributed by atoms with Crippen LogP contribution in [0.1, 0.15) is 24.2 Å². The Morgan fingerprint density at radius 2 is 1.82 bits per heavy atom. The van der Waals surface area contributed by atoms with Crippen LogP contribution >= 0.6 is 0 Å². The number of amides is 1. The molecule has 0 heterocycles. The molecule has 0 aliphatic rings. The smallest absolute Gasteiger partial charge is 0.335 e. The first-order valence-corrected chi connectivity index (χ1v) is 4.93. The number of nitrogens with one attached hydrogen (secondary N) is 1. The highest BCUT2D eigenvalue weighted by Crippen LogP contribution is 2.17. The highest BCUT2D eigenvalue weighted by Gasteiger charge is 2.27. The number of nitriles is 1. The third kappa shape index (κ3) is 3.05. The van der Waals surface area contributed by atoms with E-state index in [1.807, 2.05) is 6.07 Å². The van der Waals surface area contributed by atoms with Crippen LogP contribution in [-0.4, -0.2) is 17.0 Å². The summed E-state index contributed by atoms with van der Waals surface area (Å²) in [5.41, 5.74) is -0.517. The van der Waals surface area contributed by atoms with E-state index in [-0.39, 0.29) is 5.56 Å². The van der Waals surface area contributed by atoms with Crippen molar-refractivity contribution in [3.05, 3.63) is 29.8 Å². The lowest BCUT2D eigenvalue weighted by Crippen LogP contribution is -2.29. The Balaban J connectivity index is 2.81. The lowest BCUT2D eigenvalue weighted by atomic mass is 9.94. The summed E-state index contributed by atoms with van der Waals surface area (Å²) in [6.07, 6.45) is 0. The Hall–Kier alpha value is -2.35. The van der Waals surface area contributed by atoms with Crippen LogP contribution in [0.2, 0.25) is 0 Å². The van der Waals surface area contributed by atoms with E-state index in [1.54, 1.807) is 0 Å². The molecule has 5 nitrogen and oxygen atoms in total. The Labute approximate surface area is 98.7 Å². The molecule has 0 saturated heterocycles. The highest BCUT2D eigenvalue weighted by atomic mass is 16.4. The van der Waals surface area contributed by atoms with Gasteiger partial charge in [0.15, 0.2) is 0 Å². The summed E-state index contributed by atoms with van der Waals surface area (Å²) in [5.74, 6) is -1.46. The minimum atomic E-state index is -1.12. The zero-order chi connectivity index (χ0) is 13.1. The number of carboxylic acid groups (broad SMARTS) is 1. The Kier molecular flexibility index (Phi) is 3.49. The van der Waals surface area contributed by atoms with Crippen LogP contribution in [0.5, 0.6) is 0 Å². The molecule has 1 amide bonds. The van der Waals surface area contributed by atoms with Crippen molar-refractivity contribution in [3.8, 4) is 6.07 Å². The van der Waals surface area contributed by atoms with Gasteiger partial charge in [-0.25, -0.2) is 4.79 Å². The molecule has 88 valence electrons. The second-order valence-corrected chi connectivity index (χ2v) is 4.07.